The average Bonchev–Trinajstić information content (AvgIpc) is 3.18. The number of benzene rings is 2. The van der Waals surface area contributed by atoms with Gasteiger partial charge in [0.1, 0.15) is 22.2 Å². The molecule has 4 aromatic rings. The summed E-state index contributed by atoms with van der Waals surface area (Å²) in [6.07, 6.45) is 3.43. The molecule has 3 N–H and O–H groups in total. The lowest BCUT2D eigenvalue weighted by molar-refractivity contribution is 0.0618. The maximum Gasteiger partial charge on any atom is 0.264 e. The second-order valence-electron chi connectivity index (χ2n) is 8.80. The molecule has 0 amide bonds. The van der Waals surface area contributed by atoms with Gasteiger partial charge >= 0.3 is 0 Å². The van der Waals surface area contributed by atoms with Gasteiger partial charge in [-0.15, -0.1) is 0 Å². The smallest absolute Gasteiger partial charge is 0.264 e. The summed E-state index contributed by atoms with van der Waals surface area (Å²) in [5.41, 5.74) is 9.13. The van der Waals surface area contributed by atoms with Crippen molar-refractivity contribution in [3.8, 4) is 17.0 Å². The zero-order valence-electron chi connectivity index (χ0n) is 19.9. The first kappa shape index (κ1) is 24.9. The first-order valence-electron chi connectivity index (χ1n) is 11.6. The third kappa shape index (κ3) is 5.07. The Labute approximate surface area is 212 Å². The van der Waals surface area contributed by atoms with E-state index in [9.17, 15) is 17.2 Å². The lowest BCUT2D eigenvalue weighted by atomic mass is 10.00. The number of nitrogens with two attached hydrogens (primary N) is 1. The van der Waals surface area contributed by atoms with Gasteiger partial charge in [0.2, 0.25) is 11.8 Å². The molecule has 2 aromatic carbocycles. The number of anilines is 2. The number of ether oxygens (including phenoxy) is 2. The number of pyridine rings is 1. The minimum absolute atomic E-state index is 0.000880. The Bertz CT molecular complexity index is 1570. The molecule has 0 radical (unpaired) electrons. The zero-order chi connectivity index (χ0) is 26.2. The van der Waals surface area contributed by atoms with Crippen molar-refractivity contribution >= 4 is 32.7 Å². The Balaban J connectivity index is 1.50. The van der Waals surface area contributed by atoms with Crippen LogP contribution in [0.25, 0.3) is 22.2 Å². The summed E-state index contributed by atoms with van der Waals surface area (Å²) in [4.78, 5) is 8.00. The summed E-state index contributed by atoms with van der Waals surface area (Å²) in [5, 5.41) is 0. The van der Waals surface area contributed by atoms with Crippen LogP contribution in [0.3, 0.4) is 0 Å². The number of rotatable bonds is 7. The van der Waals surface area contributed by atoms with Gasteiger partial charge in [-0.3, -0.25) is 4.72 Å². The number of sulfonamides is 1. The second-order valence-corrected chi connectivity index (χ2v) is 10.5. The van der Waals surface area contributed by atoms with Crippen molar-refractivity contribution in [3.05, 3.63) is 60.3 Å². The lowest BCUT2D eigenvalue weighted by Gasteiger charge is -2.23. The maximum atomic E-state index is 14.2. The number of nitrogen functional groups attached to an aromatic ring is 1. The van der Waals surface area contributed by atoms with Gasteiger partial charge in [0.05, 0.1) is 18.1 Å². The van der Waals surface area contributed by atoms with Crippen LogP contribution in [0, 0.1) is 17.6 Å². The Morgan fingerprint density at radius 3 is 2.65 bits per heavy atom. The molecule has 194 valence electrons. The van der Waals surface area contributed by atoms with Crippen LogP contribution in [0.5, 0.6) is 5.88 Å². The van der Waals surface area contributed by atoms with Crippen LogP contribution >= 0.6 is 0 Å². The summed E-state index contributed by atoms with van der Waals surface area (Å²) in [6, 6.07) is 9.35. The van der Waals surface area contributed by atoms with E-state index in [1.807, 2.05) is 22.8 Å². The van der Waals surface area contributed by atoms with Gasteiger partial charge in [-0.25, -0.2) is 27.2 Å². The van der Waals surface area contributed by atoms with Crippen LogP contribution < -0.4 is 15.2 Å². The first-order valence-corrected chi connectivity index (χ1v) is 13.1. The number of nitrogens with one attached hydrogen (secondary N) is 1. The number of methoxy groups -OCH3 is 1. The van der Waals surface area contributed by atoms with Crippen molar-refractivity contribution < 1.29 is 26.7 Å². The van der Waals surface area contributed by atoms with Crippen molar-refractivity contribution in [3.63, 3.8) is 0 Å². The molecule has 1 aliphatic heterocycles. The molecule has 0 bridgehead atoms. The molecule has 1 aliphatic rings. The van der Waals surface area contributed by atoms with Crippen molar-refractivity contribution in [2.24, 2.45) is 5.92 Å². The first-order chi connectivity index (χ1) is 17.7. The molecule has 5 rings (SSSR count). The van der Waals surface area contributed by atoms with E-state index >= 15 is 0 Å². The van der Waals surface area contributed by atoms with Crippen LogP contribution in [-0.4, -0.2) is 43.3 Å². The Hall–Kier alpha value is -3.77. The SMILES string of the molecule is COc1ncc(-c2ccc3nc(N)n(CC4CCOCC4)c3c2)cc1NS(=O)(=O)c1ccc(F)cc1F. The zero-order valence-corrected chi connectivity index (χ0v) is 20.8. The molecule has 0 spiro atoms. The molecule has 3 heterocycles. The van der Waals surface area contributed by atoms with Gasteiger partial charge in [0.25, 0.3) is 10.0 Å². The van der Waals surface area contributed by atoms with E-state index in [1.165, 1.54) is 13.2 Å². The highest BCUT2D eigenvalue weighted by Gasteiger charge is 2.23. The van der Waals surface area contributed by atoms with E-state index in [4.69, 9.17) is 15.2 Å². The van der Waals surface area contributed by atoms with Gasteiger partial charge in [-0.2, -0.15) is 0 Å². The normalized spacial score (nSPS) is 14.7. The predicted molar refractivity (Wildman–Crippen MR) is 135 cm³/mol. The van der Waals surface area contributed by atoms with Gasteiger partial charge in [-0.1, -0.05) is 6.07 Å². The molecule has 0 unspecified atom stereocenters. The summed E-state index contributed by atoms with van der Waals surface area (Å²) in [5.74, 6) is -1.26. The fourth-order valence-electron chi connectivity index (χ4n) is 4.44. The highest BCUT2D eigenvalue weighted by atomic mass is 32.2. The highest BCUT2D eigenvalue weighted by Crippen LogP contribution is 2.33. The van der Waals surface area contributed by atoms with Crippen molar-refractivity contribution in [2.75, 3.05) is 30.8 Å². The quantitative estimate of drug-likeness (QED) is 0.368. The summed E-state index contributed by atoms with van der Waals surface area (Å²) >= 11 is 0. The third-order valence-electron chi connectivity index (χ3n) is 6.36. The summed E-state index contributed by atoms with van der Waals surface area (Å²) < 4.78 is 68.2. The number of hydrogen-bond acceptors (Lipinski definition) is 7. The van der Waals surface area contributed by atoms with Gasteiger partial charge < -0.3 is 19.8 Å². The van der Waals surface area contributed by atoms with Crippen molar-refractivity contribution in [1.82, 2.24) is 14.5 Å². The van der Waals surface area contributed by atoms with Gasteiger partial charge in [0.15, 0.2) is 0 Å². The summed E-state index contributed by atoms with van der Waals surface area (Å²) in [6.45, 7) is 2.16. The molecule has 1 saturated heterocycles. The van der Waals surface area contributed by atoms with E-state index in [1.54, 1.807) is 6.20 Å². The topological polar surface area (TPSA) is 121 Å². The molecular formula is C25H25F2N5O4S. The fourth-order valence-corrected chi connectivity index (χ4v) is 5.55. The molecule has 37 heavy (non-hydrogen) atoms. The van der Waals surface area contributed by atoms with E-state index < -0.39 is 26.6 Å². The lowest BCUT2D eigenvalue weighted by Crippen LogP contribution is -2.21. The molecular weight excluding hydrogens is 504 g/mol. The minimum Gasteiger partial charge on any atom is -0.480 e. The van der Waals surface area contributed by atoms with E-state index in [0.717, 1.165) is 54.8 Å². The standard InChI is InChI=1S/C25H25F2N5O4S/c1-35-24-21(31-37(33,34)23-5-3-18(26)12-19(23)27)10-17(13-29-24)16-2-4-20-22(11-16)32(25(28)30-20)14-15-6-8-36-9-7-15/h2-5,10-13,15,31H,6-9,14H2,1H3,(H2,28,30). The van der Waals surface area contributed by atoms with Crippen molar-refractivity contribution in [2.45, 2.75) is 24.3 Å². The van der Waals surface area contributed by atoms with E-state index in [2.05, 4.69) is 14.7 Å². The third-order valence-corrected chi connectivity index (χ3v) is 7.76. The highest BCUT2D eigenvalue weighted by molar-refractivity contribution is 7.92. The van der Waals surface area contributed by atoms with Crippen LogP contribution in [0.1, 0.15) is 12.8 Å². The number of fused-ring (bicyclic) bond motifs is 1. The maximum absolute atomic E-state index is 14.2. The van der Waals surface area contributed by atoms with Crippen LogP contribution in [-0.2, 0) is 21.3 Å². The Kier molecular flexibility index (Phi) is 6.69. The fraction of sp³-hybridized carbons (Fsp3) is 0.280. The molecule has 0 atom stereocenters. The van der Waals surface area contributed by atoms with Crippen LogP contribution in [0.15, 0.2) is 53.6 Å². The monoisotopic (exact) mass is 529 g/mol. The average molecular weight is 530 g/mol. The largest absolute Gasteiger partial charge is 0.480 e. The van der Waals surface area contributed by atoms with E-state index in [-0.39, 0.29) is 11.6 Å². The number of hydrogen-bond donors (Lipinski definition) is 2. The molecule has 0 aliphatic carbocycles. The summed E-state index contributed by atoms with van der Waals surface area (Å²) in [7, 11) is -3.06. The second kappa shape index (κ2) is 9.94. The molecule has 12 heteroatoms. The van der Waals surface area contributed by atoms with Crippen LogP contribution in [0.4, 0.5) is 20.4 Å². The Morgan fingerprint density at radius 2 is 1.92 bits per heavy atom. The molecule has 1 fully saturated rings. The minimum atomic E-state index is -4.40. The van der Waals surface area contributed by atoms with Crippen molar-refractivity contribution in [1.29, 1.82) is 0 Å². The molecule has 0 saturated carbocycles. The van der Waals surface area contributed by atoms with Gasteiger partial charge in [0, 0.05) is 37.6 Å². The number of imidazole rings is 1. The number of nitrogens with zero attached hydrogens (tertiary/aromatic N) is 3. The number of halogens is 2. The number of aromatic nitrogens is 3. The van der Waals surface area contributed by atoms with Gasteiger partial charge in [-0.05, 0) is 54.7 Å². The molecule has 2 aromatic heterocycles. The predicted octanol–water partition coefficient (Wildman–Crippen LogP) is 4.19. The van der Waals surface area contributed by atoms with E-state index in [0.29, 0.717) is 30.0 Å². The Morgan fingerprint density at radius 1 is 1.14 bits per heavy atom. The van der Waals surface area contributed by atoms with Crippen LogP contribution in [0.2, 0.25) is 0 Å². The molecule has 9 nitrogen and oxygen atoms in total.